The van der Waals surface area contributed by atoms with Crippen LogP contribution in [0.2, 0.25) is 0 Å². The molecule has 1 amide bonds. The first kappa shape index (κ1) is 12.8. The van der Waals surface area contributed by atoms with Crippen molar-refractivity contribution in [2.75, 3.05) is 0 Å². The number of aromatic nitrogens is 4. The van der Waals surface area contributed by atoms with Gasteiger partial charge in [-0.25, -0.2) is 4.68 Å². The van der Waals surface area contributed by atoms with Gasteiger partial charge in [0.1, 0.15) is 0 Å². The van der Waals surface area contributed by atoms with Crippen LogP contribution in [-0.2, 0) is 12.8 Å². The third kappa shape index (κ3) is 1.77. The summed E-state index contributed by atoms with van der Waals surface area (Å²) in [7, 11) is 0. The lowest BCUT2D eigenvalue weighted by atomic mass is 9.93. The fourth-order valence-corrected chi connectivity index (χ4v) is 3.07. The van der Waals surface area contributed by atoms with Gasteiger partial charge in [-0.05, 0) is 37.5 Å². The van der Waals surface area contributed by atoms with Gasteiger partial charge >= 0.3 is 0 Å². The zero-order valence-corrected chi connectivity index (χ0v) is 12.1. The summed E-state index contributed by atoms with van der Waals surface area (Å²) < 4.78 is 1.80. The van der Waals surface area contributed by atoms with Gasteiger partial charge in [0.05, 0.1) is 17.6 Å². The second-order valence-corrected chi connectivity index (χ2v) is 5.55. The van der Waals surface area contributed by atoms with Gasteiger partial charge in [-0.1, -0.05) is 12.1 Å². The molecule has 1 aliphatic carbocycles. The fraction of sp³-hybridized carbons (Fsp3) is 0.188. The smallest absolute Gasteiger partial charge is 0.269 e. The van der Waals surface area contributed by atoms with E-state index in [2.05, 4.69) is 15.3 Å². The number of carbonyl (C=O) groups is 1. The lowest BCUT2D eigenvalue weighted by molar-refractivity contribution is 0.0994. The van der Waals surface area contributed by atoms with Gasteiger partial charge in [-0.2, -0.15) is 10.2 Å². The topological polar surface area (TPSA) is 89.6 Å². The Kier molecular flexibility index (Phi) is 2.66. The molecular weight excluding hydrogens is 278 g/mol. The standard InChI is InChI=1S/C16H15N5O/c1-9-3-2-4-10(7-9)21-15-11(14(20-21)16(17)22)5-6-13-12(15)8-18-19-13/h2-4,7-8H,5-6H2,1H3,(H2,17,22)(H,18,19). The fourth-order valence-electron chi connectivity index (χ4n) is 3.07. The van der Waals surface area contributed by atoms with Crippen molar-refractivity contribution in [1.29, 1.82) is 0 Å². The Morgan fingerprint density at radius 1 is 1.36 bits per heavy atom. The summed E-state index contributed by atoms with van der Waals surface area (Å²) in [4.78, 5) is 11.8. The van der Waals surface area contributed by atoms with Gasteiger partial charge in [0.2, 0.25) is 0 Å². The van der Waals surface area contributed by atoms with Crippen LogP contribution < -0.4 is 5.73 Å². The van der Waals surface area contributed by atoms with Gasteiger partial charge < -0.3 is 5.73 Å². The van der Waals surface area contributed by atoms with Crippen LogP contribution in [0.3, 0.4) is 0 Å². The zero-order chi connectivity index (χ0) is 15.3. The quantitative estimate of drug-likeness (QED) is 0.754. The van der Waals surface area contributed by atoms with E-state index in [0.717, 1.165) is 46.6 Å². The molecule has 6 heteroatoms. The van der Waals surface area contributed by atoms with Crippen molar-refractivity contribution in [3.05, 3.63) is 53.0 Å². The molecule has 6 nitrogen and oxygen atoms in total. The number of hydrogen-bond acceptors (Lipinski definition) is 3. The van der Waals surface area contributed by atoms with Crippen LogP contribution in [0.1, 0.15) is 27.3 Å². The Morgan fingerprint density at radius 3 is 3.00 bits per heavy atom. The molecule has 22 heavy (non-hydrogen) atoms. The van der Waals surface area contributed by atoms with E-state index in [1.165, 1.54) is 0 Å². The first-order valence-electron chi connectivity index (χ1n) is 7.16. The normalized spacial score (nSPS) is 12.8. The molecule has 0 unspecified atom stereocenters. The molecule has 0 aliphatic heterocycles. The minimum atomic E-state index is -0.491. The molecule has 0 saturated carbocycles. The van der Waals surface area contributed by atoms with E-state index in [1.54, 1.807) is 10.9 Å². The number of rotatable bonds is 2. The molecule has 3 N–H and O–H groups in total. The molecule has 0 saturated heterocycles. The highest BCUT2D eigenvalue weighted by molar-refractivity contribution is 5.95. The molecule has 1 aromatic carbocycles. The first-order chi connectivity index (χ1) is 10.6. The summed E-state index contributed by atoms with van der Waals surface area (Å²) in [6, 6.07) is 8.01. The van der Waals surface area contributed by atoms with Gasteiger partial charge in [-0.3, -0.25) is 9.89 Å². The minimum Gasteiger partial charge on any atom is -0.364 e. The highest BCUT2D eigenvalue weighted by atomic mass is 16.1. The predicted octanol–water partition coefficient (Wildman–Crippen LogP) is 1.77. The number of aryl methyl sites for hydroxylation is 2. The molecule has 0 fully saturated rings. The number of amides is 1. The molecule has 3 aromatic rings. The number of primary amides is 1. The van der Waals surface area contributed by atoms with Gasteiger partial charge in [0.25, 0.3) is 5.91 Å². The number of fused-ring (bicyclic) bond motifs is 3. The van der Waals surface area contributed by atoms with E-state index in [4.69, 9.17) is 5.73 Å². The highest BCUT2D eigenvalue weighted by Gasteiger charge is 2.28. The third-order valence-corrected chi connectivity index (χ3v) is 4.06. The Bertz CT molecular complexity index is 890. The molecule has 2 aromatic heterocycles. The maximum Gasteiger partial charge on any atom is 0.269 e. The molecule has 110 valence electrons. The Labute approximate surface area is 127 Å². The number of aromatic amines is 1. The Hall–Kier alpha value is -2.89. The summed E-state index contributed by atoms with van der Waals surface area (Å²) in [5, 5.41) is 11.6. The summed E-state index contributed by atoms with van der Waals surface area (Å²) in [5.41, 5.74) is 11.8. The van der Waals surface area contributed by atoms with Crippen LogP contribution in [0.4, 0.5) is 0 Å². The van der Waals surface area contributed by atoms with Crippen molar-refractivity contribution >= 4 is 5.91 Å². The molecule has 0 spiro atoms. The van der Waals surface area contributed by atoms with Crippen molar-refractivity contribution < 1.29 is 4.79 Å². The summed E-state index contributed by atoms with van der Waals surface area (Å²) >= 11 is 0. The van der Waals surface area contributed by atoms with Crippen LogP contribution in [0.25, 0.3) is 16.9 Å². The lowest BCUT2D eigenvalue weighted by Crippen LogP contribution is -2.15. The third-order valence-electron chi connectivity index (χ3n) is 4.06. The number of carbonyl (C=O) groups excluding carboxylic acids is 1. The van der Waals surface area contributed by atoms with Gasteiger partial charge in [-0.15, -0.1) is 0 Å². The zero-order valence-electron chi connectivity index (χ0n) is 12.1. The van der Waals surface area contributed by atoms with E-state index >= 15 is 0 Å². The molecule has 0 radical (unpaired) electrons. The van der Waals surface area contributed by atoms with Crippen LogP contribution in [0, 0.1) is 6.92 Å². The SMILES string of the molecule is Cc1cccc(-n2nc(C(N)=O)c3c2-c2cn[nH]c2CC3)c1. The largest absolute Gasteiger partial charge is 0.364 e. The van der Waals surface area contributed by atoms with Crippen molar-refractivity contribution in [2.45, 2.75) is 19.8 Å². The summed E-state index contributed by atoms with van der Waals surface area (Å²) in [6.45, 7) is 2.03. The van der Waals surface area contributed by atoms with Crippen LogP contribution in [0.15, 0.2) is 30.5 Å². The number of H-pyrrole nitrogens is 1. The molecule has 0 bridgehead atoms. The van der Waals surface area contributed by atoms with Crippen molar-refractivity contribution in [1.82, 2.24) is 20.0 Å². The first-order valence-corrected chi connectivity index (χ1v) is 7.16. The van der Waals surface area contributed by atoms with E-state index < -0.39 is 5.91 Å². The minimum absolute atomic E-state index is 0.350. The van der Waals surface area contributed by atoms with Crippen LogP contribution in [-0.4, -0.2) is 25.9 Å². The number of nitrogens with two attached hydrogens (primary N) is 1. The van der Waals surface area contributed by atoms with E-state index in [1.807, 2.05) is 31.2 Å². The molecular formula is C16H15N5O. The second kappa shape index (κ2) is 4.56. The molecule has 2 heterocycles. The molecule has 4 rings (SSSR count). The summed E-state index contributed by atoms with van der Waals surface area (Å²) in [5.74, 6) is -0.491. The van der Waals surface area contributed by atoms with Gasteiger partial charge in [0, 0.05) is 16.8 Å². The van der Waals surface area contributed by atoms with Crippen molar-refractivity contribution in [3.63, 3.8) is 0 Å². The maximum absolute atomic E-state index is 11.8. The number of benzene rings is 1. The number of hydrogen-bond donors (Lipinski definition) is 2. The Balaban J connectivity index is 2.03. The molecule has 1 aliphatic rings. The maximum atomic E-state index is 11.8. The molecule has 0 atom stereocenters. The average Bonchev–Trinajstić information content (AvgIpc) is 3.10. The monoisotopic (exact) mass is 293 g/mol. The summed E-state index contributed by atoms with van der Waals surface area (Å²) in [6.07, 6.45) is 3.32. The Morgan fingerprint density at radius 2 is 2.23 bits per heavy atom. The van der Waals surface area contributed by atoms with Crippen LogP contribution >= 0.6 is 0 Å². The van der Waals surface area contributed by atoms with Gasteiger partial charge in [0.15, 0.2) is 5.69 Å². The highest BCUT2D eigenvalue weighted by Crippen LogP contribution is 2.35. The predicted molar refractivity (Wildman–Crippen MR) is 81.8 cm³/mol. The van der Waals surface area contributed by atoms with Crippen LogP contribution in [0.5, 0.6) is 0 Å². The van der Waals surface area contributed by atoms with Crippen molar-refractivity contribution in [2.24, 2.45) is 5.73 Å². The second-order valence-electron chi connectivity index (χ2n) is 5.55. The number of nitrogens with one attached hydrogen (secondary N) is 1. The van der Waals surface area contributed by atoms with E-state index in [9.17, 15) is 4.79 Å². The van der Waals surface area contributed by atoms with Crippen molar-refractivity contribution in [3.8, 4) is 16.9 Å². The lowest BCUT2D eigenvalue weighted by Gasteiger charge is -2.14. The number of nitrogens with zero attached hydrogens (tertiary/aromatic N) is 3. The van der Waals surface area contributed by atoms with E-state index in [-0.39, 0.29) is 0 Å². The van der Waals surface area contributed by atoms with E-state index in [0.29, 0.717) is 5.69 Å². The average molecular weight is 293 g/mol.